The maximum atomic E-state index is 4.23. The van der Waals surface area contributed by atoms with E-state index in [1.54, 1.807) is 0 Å². The first-order chi connectivity index (χ1) is 2.83. The van der Waals surface area contributed by atoms with E-state index in [2.05, 4.69) is 48.1 Å². The Balaban J connectivity index is -0.0000000400. The Labute approximate surface area is 77.7 Å². The number of rotatable bonds is 0. The maximum absolute atomic E-state index is 4.23. The van der Waals surface area contributed by atoms with Crippen LogP contribution >= 0.6 is 37.6 Å². The predicted molar refractivity (Wildman–Crippen MR) is 46.5 cm³/mol. The summed E-state index contributed by atoms with van der Waals surface area (Å²) in [4.78, 5) is 0. The van der Waals surface area contributed by atoms with Crippen LogP contribution in [-0.4, -0.2) is 0 Å². The summed E-state index contributed by atoms with van der Waals surface area (Å²) in [6, 6.07) is 0. The van der Waals surface area contributed by atoms with Crippen LogP contribution in [0.3, 0.4) is 0 Å². The summed E-state index contributed by atoms with van der Waals surface area (Å²) >= 11 is 15.6. The van der Waals surface area contributed by atoms with Gasteiger partial charge in [-0.25, -0.2) is 0 Å². The van der Waals surface area contributed by atoms with E-state index in [0.717, 1.165) is 0 Å². The third-order valence-electron chi connectivity index (χ3n) is 0. The Morgan fingerprint density at radius 3 is 1.00 bits per heavy atom. The van der Waals surface area contributed by atoms with Crippen molar-refractivity contribution >= 4 is 61.2 Å². The minimum Gasteiger partial charge on any atom is -0.108 e. The molecule has 0 heterocycles. The monoisotopic (exact) mass is 255 g/mol. The van der Waals surface area contributed by atoms with Crippen LogP contribution in [-0.2, 0) is 40.7 Å². The van der Waals surface area contributed by atoms with Gasteiger partial charge in [0.15, 0.2) is 0 Å². The van der Waals surface area contributed by atoms with E-state index >= 15 is 0 Å². The largest absolute Gasteiger partial charge is 2.00 e. The molecule has 7 heavy (non-hydrogen) atoms. The second-order valence-corrected chi connectivity index (χ2v) is 4.41. The Hall–Kier alpha value is 2.26. The van der Waals surface area contributed by atoms with Gasteiger partial charge in [-0.3, -0.25) is 0 Å². The molecule has 0 amide bonds. The molecule has 0 saturated heterocycles. The van der Waals surface area contributed by atoms with Crippen molar-refractivity contribution in [1.29, 1.82) is 0 Å². The van der Waals surface area contributed by atoms with Gasteiger partial charge in [-0.15, -0.1) is 24.5 Å². The second-order valence-electron chi connectivity index (χ2n) is 0.163. The molecule has 0 nitrogen and oxygen atoms in total. The minimum atomic E-state index is 0. The molecule has 0 aliphatic carbocycles. The van der Waals surface area contributed by atoms with Gasteiger partial charge in [-0.2, -0.15) is 0 Å². The molecule has 0 N–H and O–H groups in total. The van der Waals surface area contributed by atoms with Crippen molar-refractivity contribution in [1.82, 2.24) is 0 Å². The van der Waals surface area contributed by atoms with Crippen LogP contribution in [0.4, 0.5) is 0 Å². The molecular weight excluding hydrogens is 254 g/mol. The Bertz CT molecular complexity index is 30.7. The van der Waals surface area contributed by atoms with Crippen molar-refractivity contribution in [3.8, 4) is 0 Å². The fraction of sp³-hybridized carbons (Fsp3) is 0. The van der Waals surface area contributed by atoms with Crippen LogP contribution in [0.1, 0.15) is 0 Å². The molecule has 0 aliphatic heterocycles. The summed E-state index contributed by atoms with van der Waals surface area (Å²) < 4.78 is 0. The van der Waals surface area contributed by atoms with Gasteiger partial charge >= 0.3 is 17.1 Å². The summed E-state index contributed by atoms with van der Waals surface area (Å²) in [6.45, 7) is 1.39. The molecule has 7 heteroatoms. The van der Waals surface area contributed by atoms with Gasteiger partial charge in [-0.05, 0) is 23.6 Å². The van der Waals surface area contributed by atoms with Crippen LogP contribution in [0.5, 0.6) is 0 Å². The van der Waals surface area contributed by atoms with E-state index in [0.29, 0.717) is 13.1 Å². The fourth-order valence-electron chi connectivity index (χ4n) is 0. The van der Waals surface area contributed by atoms with Gasteiger partial charge in [0, 0.05) is 13.1 Å². The molecule has 0 bridgehead atoms. The molecular formula is H2CuP2S4+2. The molecule has 0 rings (SSSR count). The first-order valence-corrected chi connectivity index (χ1v) is 6.89. The van der Waals surface area contributed by atoms with Gasteiger partial charge in [0.25, 0.3) is 0 Å². The minimum absolute atomic E-state index is 0. The first kappa shape index (κ1) is 16.1. The summed E-state index contributed by atoms with van der Waals surface area (Å²) in [7, 11) is 0. The van der Waals surface area contributed by atoms with Crippen molar-refractivity contribution in [2.24, 2.45) is 0 Å². The topological polar surface area (TPSA) is 0 Å². The van der Waals surface area contributed by atoms with E-state index in [1.165, 1.54) is 0 Å². The number of thiol groups is 2. The third kappa shape index (κ3) is 63.4. The summed E-state index contributed by atoms with van der Waals surface area (Å²) in [5.74, 6) is 0. The standard InChI is InChI=1S/Cu.2HPS2/c;2*2-1-3/h;2*(H,2,3)/q+2;;. The molecule has 0 fully saturated rings. The maximum Gasteiger partial charge on any atom is 2.00 e. The van der Waals surface area contributed by atoms with Crippen LogP contribution in [0.15, 0.2) is 0 Å². The molecule has 0 aromatic carbocycles. The smallest absolute Gasteiger partial charge is 0.108 e. The van der Waals surface area contributed by atoms with E-state index in [-0.39, 0.29) is 17.1 Å². The zero-order valence-electron chi connectivity index (χ0n) is 2.91. The first-order valence-electron chi connectivity index (χ1n) is 0.765. The van der Waals surface area contributed by atoms with Gasteiger partial charge in [0.2, 0.25) is 0 Å². The van der Waals surface area contributed by atoms with Gasteiger partial charge in [0.1, 0.15) is 0 Å². The van der Waals surface area contributed by atoms with E-state index in [9.17, 15) is 0 Å². The zero-order chi connectivity index (χ0) is 5.41. The number of hydrogen-bond acceptors (Lipinski definition) is 2. The van der Waals surface area contributed by atoms with Crippen LogP contribution in [0.2, 0.25) is 0 Å². The molecule has 0 aromatic heterocycles. The SMILES string of the molecule is S=PS.S=PS.[Cu+2]. The van der Waals surface area contributed by atoms with Gasteiger partial charge in [0.05, 0.1) is 0 Å². The predicted octanol–water partition coefficient (Wildman–Crippen LogP) is 2.48. The summed E-state index contributed by atoms with van der Waals surface area (Å²) in [5, 5.41) is 0. The van der Waals surface area contributed by atoms with Crippen LogP contribution < -0.4 is 0 Å². The molecule has 0 aliphatic rings. The zero-order valence-corrected chi connectivity index (χ0v) is 9.06. The van der Waals surface area contributed by atoms with E-state index in [4.69, 9.17) is 0 Å². The molecule has 0 aromatic rings. The van der Waals surface area contributed by atoms with Crippen molar-refractivity contribution < 1.29 is 17.1 Å². The van der Waals surface area contributed by atoms with Crippen molar-refractivity contribution in [3.05, 3.63) is 0 Å². The fourth-order valence-corrected chi connectivity index (χ4v) is 0. The summed E-state index contributed by atoms with van der Waals surface area (Å²) in [6.07, 6.45) is 0. The normalized spacial score (nSPS) is 6.00. The van der Waals surface area contributed by atoms with Crippen molar-refractivity contribution in [2.75, 3.05) is 0 Å². The average Bonchev–Trinajstić information content (AvgIpc) is 1.39. The molecule has 45 valence electrons. The average molecular weight is 256 g/mol. The molecule has 0 atom stereocenters. The Kier molecular flexibility index (Phi) is 55.3. The van der Waals surface area contributed by atoms with Gasteiger partial charge < -0.3 is 0 Å². The van der Waals surface area contributed by atoms with E-state index < -0.39 is 0 Å². The van der Waals surface area contributed by atoms with Crippen molar-refractivity contribution in [2.45, 2.75) is 0 Å². The van der Waals surface area contributed by atoms with E-state index in [1.807, 2.05) is 0 Å². The van der Waals surface area contributed by atoms with Crippen molar-refractivity contribution in [3.63, 3.8) is 0 Å². The van der Waals surface area contributed by atoms with Crippen LogP contribution in [0, 0.1) is 0 Å². The second kappa shape index (κ2) is 24.0. The Morgan fingerprint density at radius 2 is 1.00 bits per heavy atom. The van der Waals surface area contributed by atoms with Gasteiger partial charge in [-0.1, -0.05) is 0 Å². The molecule has 0 unspecified atom stereocenters. The molecule has 0 spiro atoms. The quantitative estimate of drug-likeness (QED) is 0.388. The third-order valence-corrected chi connectivity index (χ3v) is 0. The van der Waals surface area contributed by atoms with Crippen LogP contribution in [0.25, 0.3) is 0 Å². The number of hydrogen-bond donors (Lipinski definition) is 2. The molecule has 1 radical (unpaired) electrons. The Morgan fingerprint density at radius 1 is 1.00 bits per heavy atom. The summed E-state index contributed by atoms with van der Waals surface area (Å²) in [5.41, 5.74) is 0. The molecule has 0 saturated carbocycles.